The Balaban J connectivity index is 2.83. The summed E-state index contributed by atoms with van der Waals surface area (Å²) in [7, 11) is 0. The second-order valence-corrected chi connectivity index (χ2v) is 3.58. The Kier molecular flexibility index (Phi) is 5.33. The summed E-state index contributed by atoms with van der Waals surface area (Å²) in [4.78, 5) is 0. The van der Waals surface area contributed by atoms with Crippen molar-refractivity contribution in [3.63, 3.8) is 0 Å². The molecule has 0 rings (SSSR count). The summed E-state index contributed by atoms with van der Waals surface area (Å²) in [6.07, 6.45) is 1.30. The minimum absolute atomic E-state index is 1.22. The molecule has 0 saturated carbocycles. The Labute approximate surface area is 58.3 Å². The Morgan fingerprint density at radius 1 is 1.43 bits per heavy atom. The van der Waals surface area contributed by atoms with Crippen LogP contribution in [0.2, 0.25) is 0 Å². The molecule has 0 aromatic rings. The van der Waals surface area contributed by atoms with E-state index in [0.29, 0.717) is 0 Å². The third-order valence-corrected chi connectivity index (χ3v) is 2.58. The van der Waals surface area contributed by atoms with E-state index in [0.717, 1.165) is 0 Å². The molecule has 0 bridgehead atoms. The summed E-state index contributed by atoms with van der Waals surface area (Å²) in [6, 6.07) is 0. The van der Waals surface area contributed by atoms with Crippen LogP contribution < -0.4 is 0 Å². The van der Waals surface area contributed by atoms with E-state index < -0.39 is 0 Å². The second-order valence-electron chi connectivity index (χ2n) is 1.55. The van der Waals surface area contributed by atoms with Crippen LogP contribution in [-0.4, -0.2) is 16.4 Å². The van der Waals surface area contributed by atoms with Crippen molar-refractivity contribution in [2.45, 2.75) is 20.3 Å². The van der Waals surface area contributed by atoms with Gasteiger partial charge in [-0.05, 0) is 0 Å². The Hall–Kier alpha value is 0.700. The van der Waals surface area contributed by atoms with Gasteiger partial charge in [0.05, 0.1) is 0 Å². The van der Waals surface area contributed by atoms with Crippen molar-refractivity contribution in [1.29, 1.82) is 0 Å². The summed E-state index contributed by atoms with van der Waals surface area (Å²) in [5, 5.41) is 0. The van der Waals surface area contributed by atoms with Gasteiger partial charge in [-0.15, -0.1) is 0 Å². The first-order valence-electron chi connectivity index (χ1n) is 2.75. The van der Waals surface area contributed by atoms with Crippen molar-refractivity contribution < 1.29 is 21.3 Å². The quantitative estimate of drug-likeness (QED) is 0.742. The van der Waals surface area contributed by atoms with Crippen LogP contribution in [0.1, 0.15) is 20.3 Å². The van der Waals surface area contributed by atoms with Gasteiger partial charge in [0.15, 0.2) is 0 Å². The molecule has 0 fully saturated rings. The van der Waals surface area contributed by atoms with Gasteiger partial charge < -0.3 is 0 Å². The molecule has 0 amide bonds. The molecule has 0 unspecified atom stereocenters. The van der Waals surface area contributed by atoms with Gasteiger partial charge in [0.2, 0.25) is 0 Å². The van der Waals surface area contributed by atoms with Gasteiger partial charge in [0.25, 0.3) is 0 Å². The van der Waals surface area contributed by atoms with Crippen molar-refractivity contribution in [2.24, 2.45) is 0 Å². The molecule has 0 aliphatic rings. The van der Waals surface area contributed by atoms with E-state index in [-0.39, 0.29) is 0 Å². The van der Waals surface area contributed by atoms with Gasteiger partial charge in [-0.3, -0.25) is 0 Å². The summed E-state index contributed by atoms with van der Waals surface area (Å²) < 4.78 is 2.42. The zero-order chi connectivity index (χ0) is 5.70. The molecular weight excluding hydrogens is 255 g/mol. The number of rotatable bonds is 3. The molecule has 0 aliphatic carbocycles. The molecule has 7 heavy (non-hydrogen) atoms. The standard InChI is InChI=1S/C5H12N.Ta/c1-3-5-6-4-2;/h3-5H2,1-2H3;/q-1;+1. The zero-order valence-electron chi connectivity index (χ0n) is 5.02. The van der Waals surface area contributed by atoms with Crippen LogP contribution in [-0.2, 0) is 21.3 Å². The van der Waals surface area contributed by atoms with Gasteiger partial charge in [0, 0.05) is 0 Å². The van der Waals surface area contributed by atoms with Gasteiger partial charge in [0.1, 0.15) is 0 Å². The van der Waals surface area contributed by atoms with E-state index in [1.165, 1.54) is 40.8 Å². The topological polar surface area (TPSA) is 3.24 Å². The van der Waals surface area contributed by atoms with Crippen molar-refractivity contribution in [2.75, 3.05) is 13.1 Å². The predicted molar refractivity (Wildman–Crippen MR) is 27.5 cm³/mol. The van der Waals surface area contributed by atoms with Crippen molar-refractivity contribution in [3.05, 3.63) is 0 Å². The number of hydrogen-bond donors (Lipinski definition) is 0. The molecule has 0 heterocycles. The molecule has 0 spiro atoms. The SMILES string of the molecule is CCC[N]([Ta])CC. The fourth-order valence-corrected chi connectivity index (χ4v) is 1.13. The summed E-state index contributed by atoms with van der Waals surface area (Å²) >= 11 is 1.41. The molecule has 0 aromatic heterocycles. The summed E-state index contributed by atoms with van der Waals surface area (Å²) in [6.45, 7) is 6.93. The fourth-order valence-electron chi connectivity index (χ4n) is 0.416. The third kappa shape index (κ3) is 4.56. The van der Waals surface area contributed by atoms with Gasteiger partial charge in [-0.1, -0.05) is 0 Å². The summed E-state index contributed by atoms with van der Waals surface area (Å²) in [5.74, 6) is 0. The van der Waals surface area contributed by atoms with Crippen molar-refractivity contribution >= 4 is 0 Å². The average molecular weight is 267 g/mol. The maximum absolute atomic E-state index is 2.42. The molecular formula is C5H12NTa. The van der Waals surface area contributed by atoms with E-state index in [4.69, 9.17) is 0 Å². The van der Waals surface area contributed by atoms with E-state index in [1.807, 2.05) is 0 Å². The molecule has 0 saturated heterocycles. The van der Waals surface area contributed by atoms with E-state index in [9.17, 15) is 0 Å². The normalized spacial score (nSPS) is 10.1. The second kappa shape index (κ2) is 4.85. The van der Waals surface area contributed by atoms with E-state index in [1.54, 1.807) is 0 Å². The molecule has 2 heteroatoms. The van der Waals surface area contributed by atoms with Crippen LogP contribution in [0, 0.1) is 0 Å². The van der Waals surface area contributed by atoms with Crippen molar-refractivity contribution in [1.82, 2.24) is 3.30 Å². The van der Waals surface area contributed by atoms with Gasteiger partial charge >= 0.3 is 58.0 Å². The molecule has 0 radical (unpaired) electrons. The van der Waals surface area contributed by atoms with Gasteiger partial charge in [-0.25, -0.2) is 0 Å². The molecule has 0 aromatic carbocycles. The molecule has 0 atom stereocenters. The number of nitrogens with zero attached hydrogens (tertiary/aromatic N) is 1. The van der Waals surface area contributed by atoms with Crippen LogP contribution in [0.5, 0.6) is 0 Å². The molecule has 42 valence electrons. The third-order valence-electron chi connectivity index (χ3n) is 0.847. The first-order valence-corrected chi connectivity index (χ1v) is 4.18. The minimum atomic E-state index is 1.22. The van der Waals surface area contributed by atoms with Gasteiger partial charge in [-0.2, -0.15) is 0 Å². The van der Waals surface area contributed by atoms with Crippen molar-refractivity contribution in [3.8, 4) is 0 Å². The predicted octanol–water partition coefficient (Wildman–Crippen LogP) is 1.18. The summed E-state index contributed by atoms with van der Waals surface area (Å²) in [5.41, 5.74) is 0. The van der Waals surface area contributed by atoms with Crippen LogP contribution >= 0.6 is 0 Å². The zero-order valence-corrected chi connectivity index (χ0v) is 8.23. The Bertz CT molecular complexity index is 39.1. The fraction of sp³-hybridized carbons (Fsp3) is 1.00. The maximum atomic E-state index is 2.42. The first-order chi connectivity index (χ1) is 3.31. The Morgan fingerprint density at radius 3 is 2.14 bits per heavy atom. The van der Waals surface area contributed by atoms with E-state index in [2.05, 4.69) is 17.2 Å². The van der Waals surface area contributed by atoms with Crippen LogP contribution in [0.25, 0.3) is 0 Å². The Morgan fingerprint density at radius 2 is 2.00 bits per heavy atom. The average Bonchev–Trinajstić information content (AvgIpc) is 1.68. The van der Waals surface area contributed by atoms with Crippen LogP contribution in [0.4, 0.5) is 0 Å². The monoisotopic (exact) mass is 267 g/mol. The number of hydrogen-bond acceptors (Lipinski definition) is 1. The van der Waals surface area contributed by atoms with E-state index >= 15 is 0 Å². The molecule has 0 N–H and O–H groups in total. The van der Waals surface area contributed by atoms with Crippen LogP contribution in [0.3, 0.4) is 0 Å². The first kappa shape index (κ1) is 7.70. The molecule has 0 aliphatic heterocycles. The molecule has 1 nitrogen and oxygen atoms in total. The van der Waals surface area contributed by atoms with Crippen LogP contribution in [0.15, 0.2) is 0 Å².